The van der Waals surface area contributed by atoms with E-state index in [0.29, 0.717) is 12.5 Å². The zero-order chi connectivity index (χ0) is 19.1. The highest BCUT2D eigenvalue weighted by molar-refractivity contribution is 5.64. The molecule has 0 bridgehead atoms. The zero-order valence-electron chi connectivity index (χ0n) is 15.6. The minimum absolute atomic E-state index is 0.0211. The standard InChI is InChI=1S/C21H25N5O/c1-15(2)19(14-27)25-21-24-18(17-8-10-22-11-9-17)12-20(26-21)23-13-16-6-4-3-5-7-16/h3-12,15,19,27H,13-14H2,1-2H3,(H2,23,24,25,26)/t19-/m0/s1. The maximum atomic E-state index is 9.62. The molecule has 2 heterocycles. The predicted molar refractivity (Wildman–Crippen MR) is 108 cm³/mol. The minimum Gasteiger partial charge on any atom is -0.394 e. The molecule has 27 heavy (non-hydrogen) atoms. The summed E-state index contributed by atoms with van der Waals surface area (Å²) in [4.78, 5) is 13.3. The van der Waals surface area contributed by atoms with Crippen LogP contribution in [0.25, 0.3) is 11.3 Å². The van der Waals surface area contributed by atoms with Crippen molar-refractivity contribution < 1.29 is 5.11 Å². The molecule has 0 aliphatic carbocycles. The summed E-state index contributed by atoms with van der Waals surface area (Å²) in [5.41, 5.74) is 2.93. The Morgan fingerprint density at radius 1 is 1.00 bits per heavy atom. The van der Waals surface area contributed by atoms with Crippen LogP contribution in [0.15, 0.2) is 60.9 Å². The van der Waals surface area contributed by atoms with Gasteiger partial charge < -0.3 is 15.7 Å². The van der Waals surface area contributed by atoms with Crippen LogP contribution >= 0.6 is 0 Å². The van der Waals surface area contributed by atoms with Crippen molar-refractivity contribution in [2.24, 2.45) is 5.92 Å². The van der Waals surface area contributed by atoms with Gasteiger partial charge in [-0.1, -0.05) is 44.2 Å². The second-order valence-electron chi connectivity index (χ2n) is 6.71. The number of anilines is 2. The van der Waals surface area contributed by atoms with Crippen molar-refractivity contribution in [3.05, 3.63) is 66.5 Å². The van der Waals surface area contributed by atoms with Crippen molar-refractivity contribution in [1.29, 1.82) is 0 Å². The molecule has 1 atom stereocenters. The number of rotatable bonds is 8. The summed E-state index contributed by atoms with van der Waals surface area (Å²) >= 11 is 0. The molecule has 0 amide bonds. The lowest BCUT2D eigenvalue weighted by Crippen LogP contribution is -2.30. The Morgan fingerprint density at radius 3 is 2.41 bits per heavy atom. The average molecular weight is 363 g/mol. The van der Waals surface area contributed by atoms with Gasteiger partial charge in [-0.25, -0.2) is 4.98 Å². The molecule has 0 aliphatic heterocycles. The molecular weight excluding hydrogens is 338 g/mol. The Balaban J connectivity index is 1.88. The maximum absolute atomic E-state index is 9.62. The number of nitrogens with one attached hydrogen (secondary N) is 2. The van der Waals surface area contributed by atoms with Gasteiger partial charge in [0, 0.05) is 30.6 Å². The van der Waals surface area contributed by atoms with Crippen LogP contribution in [0.5, 0.6) is 0 Å². The summed E-state index contributed by atoms with van der Waals surface area (Å²) in [6.07, 6.45) is 3.48. The molecule has 0 unspecified atom stereocenters. The first-order valence-corrected chi connectivity index (χ1v) is 9.10. The van der Waals surface area contributed by atoms with Crippen LogP contribution in [-0.4, -0.2) is 32.7 Å². The van der Waals surface area contributed by atoms with E-state index in [9.17, 15) is 5.11 Å². The maximum Gasteiger partial charge on any atom is 0.225 e. The number of benzene rings is 1. The Kier molecular flexibility index (Phi) is 6.33. The van der Waals surface area contributed by atoms with E-state index >= 15 is 0 Å². The van der Waals surface area contributed by atoms with E-state index in [1.165, 1.54) is 5.56 Å². The molecule has 3 aromatic rings. The molecule has 6 nitrogen and oxygen atoms in total. The van der Waals surface area contributed by atoms with Crippen LogP contribution in [0.1, 0.15) is 19.4 Å². The highest BCUT2D eigenvalue weighted by Crippen LogP contribution is 2.22. The second-order valence-corrected chi connectivity index (χ2v) is 6.71. The molecule has 0 fully saturated rings. The lowest BCUT2D eigenvalue weighted by molar-refractivity contribution is 0.248. The van der Waals surface area contributed by atoms with Crippen molar-refractivity contribution >= 4 is 11.8 Å². The molecule has 0 aliphatic rings. The fourth-order valence-corrected chi connectivity index (χ4v) is 2.65. The van der Waals surface area contributed by atoms with Crippen LogP contribution in [0, 0.1) is 5.92 Å². The first kappa shape index (κ1) is 18.8. The SMILES string of the molecule is CC(C)[C@H](CO)Nc1nc(NCc2ccccc2)cc(-c2ccncc2)n1. The normalized spacial score (nSPS) is 12.0. The zero-order valence-corrected chi connectivity index (χ0v) is 15.6. The highest BCUT2D eigenvalue weighted by atomic mass is 16.3. The van der Waals surface area contributed by atoms with Crippen LogP contribution < -0.4 is 10.6 Å². The first-order valence-electron chi connectivity index (χ1n) is 9.10. The third-order valence-electron chi connectivity index (χ3n) is 4.33. The van der Waals surface area contributed by atoms with Crippen LogP contribution in [0.2, 0.25) is 0 Å². The Bertz CT molecular complexity index is 840. The number of aliphatic hydroxyl groups excluding tert-OH is 1. The van der Waals surface area contributed by atoms with Gasteiger partial charge in [-0.2, -0.15) is 4.98 Å². The van der Waals surface area contributed by atoms with Gasteiger partial charge in [-0.05, 0) is 23.6 Å². The predicted octanol–water partition coefficient (Wildman–Crippen LogP) is 3.58. The number of hydrogen-bond acceptors (Lipinski definition) is 6. The Hall–Kier alpha value is -2.99. The fourth-order valence-electron chi connectivity index (χ4n) is 2.65. The van der Waals surface area contributed by atoms with Crippen molar-refractivity contribution in [2.75, 3.05) is 17.2 Å². The van der Waals surface area contributed by atoms with E-state index in [1.807, 2.05) is 36.4 Å². The topological polar surface area (TPSA) is 83.0 Å². The second kappa shape index (κ2) is 9.09. The van der Waals surface area contributed by atoms with Gasteiger partial charge >= 0.3 is 0 Å². The minimum atomic E-state index is -0.111. The van der Waals surface area contributed by atoms with Crippen molar-refractivity contribution in [3.8, 4) is 11.3 Å². The third-order valence-corrected chi connectivity index (χ3v) is 4.33. The summed E-state index contributed by atoms with van der Waals surface area (Å²) in [5, 5.41) is 16.2. The first-order chi connectivity index (χ1) is 13.2. The largest absolute Gasteiger partial charge is 0.394 e. The average Bonchev–Trinajstić information content (AvgIpc) is 2.71. The van der Waals surface area contributed by atoms with E-state index in [1.54, 1.807) is 12.4 Å². The van der Waals surface area contributed by atoms with Crippen LogP contribution in [0.4, 0.5) is 11.8 Å². The lowest BCUT2D eigenvalue weighted by Gasteiger charge is -2.20. The van der Waals surface area contributed by atoms with Crippen LogP contribution in [0.3, 0.4) is 0 Å². The van der Waals surface area contributed by atoms with Crippen molar-refractivity contribution in [1.82, 2.24) is 15.0 Å². The van der Waals surface area contributed by atoms with Crippen molar-refractivity contribution in [3.63, 3.8) is 0 Å². The van der Waals surface area contributed by atoms with E-state index in [-0.39, 0.29) is 18.6 Å². The van der Waals surface area contributed by atoms with Gasteiger partial charge in [0.1, 0.15) is 5.82 Å². The number of pyridine rings is 1. The van der Waals surface area contributed by atoms with E-state index in [0.717, 1.165) is 17.1 Å². The van der Waals surface area contributed by atoms with Gasteiger partial charge in [0.25, 0.3) is 0 Å². The monoisotopic (exact) mass is 363 g/mol. The van der Waals surface area contributed by atoms with E-state index < -0.39 is 0 Å². The Morgan fingerprint density at radius 2 is 1.74 bits per heavy atom. The number of aromatic nitrogens is 3. The molecule has 0 saturated heterocycles. The molecule has 3 N–H and O–H groups in total. The fraction of sp³-hybridized carbons (Fsp3) is 0.286. The van der Waals surface area contributed by atoms with E-state index in [4.69, 9.17) is 0 Å². The summed E-state index contributed by atoms with van der Waals surface area (Å²) < 4.78 is 0. The molecule has 2 aromatic heterocycles. The molecule has 140 valence electrons. The molecule has 0 radical (unpaired) electrons. The van der Waals surface area contributed by atoms with Crippen LogP contribution in [-0.2, 0) is 6.54 Å². The molecule has 0 spiro atoms. The van der Waals surface area contributed by atoms with Gasteiger partial charge in [-0.3, -0.25) is 4.98 Å². The number of hydrogen-bond donors (Lipinski definition) is 3. The van der Waals surface area contributed by atoms with E-state index in [2.05, 4.69) is 51.6 Å². The quantitative estimate of drug-likeness (QED) is 0.567. The Labute approximate surface area is 159 Å². The summed E-state index contributed by atoms with van der Waals surface area (Å²) in [7, 11) is 0. The smallest absolute Gasteiger partial charge is 0.225 e. The molecule has 3 rings (SSSR count). The number of aliphatic hydroxyl groups is 1. The number of nitrogens with zero attached hydrogens (tertiary/aromatic N) is 3. The molecule has 1 aromatic carbocycles. The van der Waals surface area contributed by atoms with Crippen molar-refractivity contribution in [2.45, 2.75) is 26.4 Å². The van der Waals surface area contributed by atoms with Gasteiger partial charge in [0.2, 0.25) is 5.95 Å². The summed E-state index contributed by atoms with van der Waals surface area (Å²) in [5.74, 6) is 1.47. The van der Waals surface area contributed by atoms with Gasteiger partial charge in [-0.15, -0.1) is 0 Å². The summed E-state index contributed by atoms with van der Waals surface area (Å²) in [6, 6.07) is 15.8. The molecular formula is C21H25N5O. The lowest BCUT2D eigenvalue weighted by atomic mass is 10.1. The molecule has 0 saturated carbocycles. The van der Waals surface area contributed by atoms with Gasteiger partial charge in [0.15, 0.2) is 0 Å². The third kappa shape index (κ3) is 5.24. The highest BCUT2D eigenvalue weighted by Gasteiger charge is 2.15. The summed E-state index contributed by atoms with van der Waals surface area (Å²) in [6.45, 7) is 4.79. The van der Waals surface area contributed by atoms with Gasteiger partial charge in [0.05, 0.1) is 18.3 Å². The molecule has 6 heteroatoms.